The topological polar surface area (TPSA) is 39.4 Å². The van der Waals surface area contributed by atoms with E-state index in [0.29, 0.717) is 0 Å². The molecule has 1 atom stereocenters. The zero-order valence-corrected chi connectivity index (χ0v) is 34.7. The van der Waals surface area contributed by atoms with E-state index >= 15 is 0 Å². The second-order valence-electron chi connectivity index (χ2n) is 16.7. The molecule has 3 nitrogen and oxygen atoms in total. The van der Waals surface area contributed by atoms with Crippen molar-refractivity contribution in [2.45, 2.75) is 5.92 Å². The molecule has 0 N–H and O–H groups in total. The number of rotatable bonds is 7. The van der Waals surface area contributed by atoms with E-state index in [1.807, 2.05) is 24.3 Å². The standard InChI is InChI=1S/C61H38O3/c1-3-14-38(15-4-1)40-28-32-42(33-29-40)56(43-34-30-41(31-35-43)46-22-12-23-48-47-20-7-9-26-53(47)63-59(46)48)51-25-13-24-49-52-37-55-58(50-21-8-10-27-54(50)62-55)57(61(52)64-60(49)51)45-19-11-18-44(36-45)39-16-5-2-6-17-39/h1-37,56H. The Morgan fingerprint density at radius 3 is 1.55 bits per heavy atom. The minimum atomic E-state index is -0.140. The first kappa shape index (κ1) is 36.3. The predicted octanol–water partition coefficient (Wildman–Crippen LogP) is 17.2. The molecule has 3 aromatic heterocycles. The smallest absolute Gasteiger partial charge is 0.144 e. The van der Waals surface area contributed by atoms with Crippen molar-refractivity contribution >= 4 is 65.8 Å². The molecule has 3 heterocycles. The zero-order valence-electron chi connectivity index (χ0n) is 34.7. The van der Waals surface area contributed by atoms with E-state index in [4.69, 9.17) is 13.3 Å². The van der Waals surface area contributed by atoms with Crippen LogP contribution < -0.4 is 0 Å². The molecule has 0 aliphatic carbocycles. The molecule has 3 heteroatoms. The molecule has 0 aliphatic heterocycles. The van der Waals surface area contributed by atoms with Gasteiger partial charge in [-0.15, -0.1) is 0 Å². The van der Waals surface area contributed by atoms with Gasteiger partial charge in [0.1, 0.15) is 33.5 Å². The van der Waals surface area contributed by atoms with Crippen molar-refractivity contribution in [3.8, 4) is 44.5 Å². The average Bonchev–Trinajstić information content (AvgIpc) is 4.06. The molecule has 0 radical (unpaired) electrons. The van der Waals surface area contributed by atoms with Crippen LogP contribution in [-0.2, 0) is 0 Å². The summed E-state index contributed by atoms with van der Waals surface area (Å²) in [5.74, 6) is -0.140. The van der Waals surface area contributed by atoms with Gasteiger partial charge in [0, 0.05) is 54.9 Å². The lowest BCUT2D eigenvalue weighted by Gasteiger charge is -2.20. The summed E-state index contributed by atoms with van der Waals surface area (Å²) < 4.78 is 20.5. The third-order valence-corrected chi connectivity index (χ3v) is 13.0. The fraction of sp³-hybridized carbons (Fsp3) is 0.0164. The Morgan fingerprint density at radius 1 is 0.281 bits per heavy atom. The molecule has 1 unspecified atom stereocenters. The van der Waals surface area contributed by atoms with Gasteiger partial charge in [-0.2, -0.15) is 0 Å². The van der Waals surface area contributed by atoms with E-state index in [2.05, 4.69) is 200 Å². The van der Waals surface area contributed by atoms with Crippen molar-refractivity contribution < 1.29 is 13.3 Å². The highest BCUT2D eigenvalue weighted by atomic mass is 16.3. The van der Waals surface area contributed by atoms with Crippen LogP contribution in [0.25, 0.3) is 110 Å². The lowest BCUT2D eigenvalue weighted by Crippen LogP contribution is -2.04. The molecule has 300 valence electrons. The molecule has 64 heavy (non-hydrogen) atoms. The summed E-state index contributed by atoms with van der Waals surface area (Å²) in [6.07, 6.45) is 0. The maximum Gasteiger partial charge on any atom is 0.144 e. The van der Waals surface area contributed by atoms with Crippen LogP contribution in [-0.4, -0.2) is 0 Å². The Labute approximate surface area is 369 Å². The molecule has 10 aromatic carbocycles. The molecule has 13 aromatic rings. The van der Waals surface area contributed by atoms with Gasteiger partial charge in [-0.25, -0.2) is 0 Å². The first-order valence-corrected chi connectivity index (χ1v) is 21.8. The predicted molar refractivity (Wildman–Crippen MR) is 264 cm³/mol. The van der Waals surface area contributed by atoms with Gasteiger partial charge >= 0.3 is 0 Å². The molecular weight excluding hydrogens is 781 g/mol. The molecule has 0 saturated carbocycles. The van der Waals surface area contributed by atoms with Gasteiger partial charge in [-0.1, -0.05) is 200 Å². The number of hydrogen-bond donors (Lipinski definition) is 0. The first-order chi connectivity index (χ1) is 31.7. The van der Waals surface area contributed by atoms with Gasteiger partial charge in [0.25, 0.3) is 0 Å². The van der Waals surface area contributed by atoms with Gasteiger partial charge in [-0.05, 0) is 68.8 Å². The van der Waals surface area contributed by atoms with Crippen LogP contribution in [0, 0.1) is 0 Å². The fourth-order valence-electron chi connectivity index (χ4n) is 10.0. The Hall–Kier alpha value is -8.40. The van der Waals surface area contributed by atoms with Gasteiger partial charge in [0.05, 0.1) is 0 Å². The van der Waals surface area contributed by atoms with E-state index < -0.39 is 0 Å². The lowest BCUT2D eigenvalue weighted by atomic mass is 9.83. The Bertz CT molecular complexity index is 3870. The summed E-state index contributed by atoms with van der Waals surface area (Å²) in [6.45, 7) is 0. The monoisotopic (exact) mass is 818 g/mol. The maximum atomic E-state index is 7.37. The second kappa shape index (κ2) is 14.6. The molecule has 0 saturated heterocycles. The van der Waals surface area contributed by atoms with Gasteiger partial charge < -0.3 is 13.3 Å². The quantitative estimate of drug-likeness (QED) is 0.150. The van der Waals surface area contributed by atoms with Crippen molar-refractivity contribution in [3.05, 3.63) is 241 Å². The van der Waals surface area contributed by atoms with E-state index in [1.165, 1.54) is 16.7 Å². The molecule has 0 spiro atoms. The minimum absolute atomic E-state index is 0.140. The van der Waals surface area contributed by atoms with Crippen molar-refractivity contribution in [3.63, 3.8) is 0 Å². The maximum absolute atomic E-state index is 7.37. The SMILES string of the molecule is c1ccc(-c2ccc(C(c3ccc(-c4cccc5c4oc4ccccc45)cc3)c3cccc4c3oc3c(-c5cccc(-c6ccccc6)c5)c5c(cc34)oc3ccccc35)cc2)cc1. The largest absolute Gasteiger partial charge is 0.456 e. The van der Waals surface area contributed by atoms with Crippen LogP contribution in [0.4, 0.5) is 0 Å². The molecule has 0 bridgehead atoms. The van der Waals surface area contributed by atoms with Gasteiger partial charge in [0.15, 0.2) is 0 Å². The summed E-state index contributed by atoms with van der Waals surface area (Å²) in [5, 5.41) is 6.44. The van der Waals surface area contributed by atoms with E-state index in [0.717, 1.165) is 110 Å². The highest BCUT2D eigenvalue weighted by Gasteiger charge is 2.26. The van der Waals surface area contributed by atoms with E-state index in [1.54, 1.807) is 0 Å². The highest BCUT2D eigenvalue weighted by molar-refractivity contribution is 6.24. The van der Waals surface area contributed by atoms with Crippen molar-refractivity contribution in [2.75, 3.05) is 0 Å². The summed E-state index contributed by atoms with van der Waals surface area (Å²) in [5.41, 5.74) is 17.6. The second-order valence-corrected chi connectivity index (χ2v) is 16.7. The summed E-state index contributed by atoms with van der Waals surface area (Å²) >= 11 is 0. The number of benzene rings is 10. The molecular formula is C61H38O3. The normalized spacial score (nSPS) is 12.3. The summed E-state index contributed by atoms with van der Waals surface area (Å²) in [7, 11) is 0. The van der Waals surface area contributed by atoms with Crippen molar-refractivity contribution in [1.82, 2.24) is 0 Å². The fourth-order valence-corrected chi connectivity index (χ4v) is 10.0. The Balaban J connectivity index is 1.02. The lowest BCUT2D eigenvalue weighted by molar-refractivity contribution is 0.660. The Morgan fingerprint density at radius 2 is 0.812 bits per heavy atom. The third kappa shape index (κ3) is 5.82. The average molecular weight is 819 g/mol. The zero-order chi connectivity index (χ0) is 42.1. The summed E-state index contributed by atoms with van der Waals surface area (Å²) in [4.78, 5) is 0. The van der Waals surface area contributed by atoms with Crippen LogP contribution >= 0.6 is 0 Å². The first-order valence-electron chi connectivity index (χ1n) is 21.8. The summed E-state index contributed by atoms with van der Waals surface area (Å²) in [6, 6.07) is 79.8. The highest BCUT2D eigenvalue weighted by Crippen LogP contribution is 2.48. The van der Waals surface area contributed by atoms with Gasteiger partial charge in [0.2, 0.25) is 0 Å². The van der Waals surface area contributed by atoms with Crippen molar-refractivity contribution in [1.29, 1.82) is 0 Å². The van der Waals surface area contributed by atoms with Crippen LogP contribution in [0.1, 0.15) is 22.6 Å². The van der Waals surface area contributed by atoms with Gasteiger partial charge in [-0.3, -0.25) is 0 Å². The van der Waals surface area contributed by atoms with E-state index in [9.17, 15) is 0 Å². The molecule has 0 aliphatic rings. The van der Waals surface area contributed by atoms with Crippen LogP contribution in [0.5, 0.6) is 0 Å². The number of fused-ring (bicyclic) bond motifs is 9. The van der Waals surface area contributed by atoms with Crippen LogP contribution in [0.2, 0.25) is 0 Å². The Kier molecular flexibility index (Phi) is 8.28. The van der Waals surface area contributed by atoms with Crippen LogP contribution in [0.15, 0.2) is 238 Å². The number of hydrogen-bond acceptors (Lipinski definition) is 3. The van der Waals surface area contributed by atoms with E-state index in [-0.39, 0.29) is 5.92 Å². The third-order valence-electron chi connectivity index (χ3n) is 13.0. The van der Waals surface area contributed by atoms with Crippen LogP contribution in [0.3, 0.4) is 0 Å². The minimum Gasteiger partial charge on any atom is -0.456 e. The number of furan rings is 3. The molecule has 0 fully saturated rings. The molecule has 0 amide bonds. The molecule has 13 rings (SSSR count). The number of para-hydroxylation sites is 4. The van der Waals surface area contributed by atoms with Crippen molar-refractivity contribution in [2.24, 2.45) is 0 Å².